The first-order valence-corrected chi connectivity index (χ1v) is 7.58. The summed E-state index contributed by atoms with van der Waals surface area (Å²) in [5, 5.41) is 0. The predicted octanol–water partition coefficient (Wildman–Crippen LogP) is 2.09. The summed E-state index contributed by atoms with van der Waals surface area (Å²) in [6.07, 6.45) is 0.250. The molecule has 0 N–H and O–H groups in total. The van der Waals surface area contributed by atoms with Crippen LogP contribution in [0.25, 0.3) is 0 Å². The van der Waals surface area contributed by atoms with Crippen LogP contribution in [0.1, 0.15) is 5.56 Å². The summed E-state index contributed by atoms with van der Waals surface area (Å²) < 4.78 is 29.3. The highest BCUT2D eigenvalue weighted by molar-refractivity contribution is 7.90. The molecule has 0 aliphatic carbocycles. The molecule has 21 heavy (non-hydrogen) atoms. The first-order valence-electron chi connectivity index (χ1n) is 5.93. The number of carbonyl (C=O) groups excluding carboxylic acids is 2. The molecule has 0 spiro atoms. The molecule has 110 valence electrons. The molecule has 0 heterocycles. The van der Waals surface area contributed by atoms with E-state index in [9.17, 15) is 8.42 Å². The minimum atomic E-state index is -3.27. The number of benzene rings is 2. The Hall–Kier alpha value is -2.43. The highest BCUT2D eigenvalue weighted by Gasteiger charge is 2.14. The molecule has 5 nitrogen and oxygen atoms in total. The van der Waals surface area contributed by atoms with E-state index < -0.39 is 9.84 Å². The van der Waals surface area contributed by atoms with Crippen LogP contribution in [0.4, 0.5) is 0 Å². The smallest absolute Gasteiger partial charge is 0.373 e. The van der Waals surface area contributed by atoms with Gasteiger partial charge in [0.1, 0.15) is 5.75 Å². The minimum Gasteiger partial charge on any atom is -0.497 e. The minimum absolute atomic E-state index is 0.001000. The largest absolute Gasteiger partial charge is 0.497 e. The van der Waals surface area contributed by atoms with Crippen LogP contribution in [-0.2, 0) is 25.2 Å². The van der Waals surface area contributed by atoms with Crippen molar-refractivity contribution in [3.63, 3.8) is 0 Å². The maximum absolute atomic E-state index is 12.1. The Labute approximate surface area is 123 Å². The summed E-state index contributed by atoms with van der Waals surface area (Å²) in [5.41, 5.74) is 0.750. The Balaban J connectivity index is 0.000000677. The summed E-state index contributed by atoms with van der Waals surface area (Å²) in [6, 6.07) is 15.5. The zero-order chi connectivity index (χ0) is 15.7. The van der Waals surface area contributed by atoms with Gasteiger partial charge in [-0.15, -0.1) is 0 Å². The van der Waals surface area contributed by atoms with Gasteiger partial charge in [-0.1, -0.05) is 30.3 Å². The van der Waals surface area contributed by atoms with E-state index in [1.165, 1.54) is 0 Å². The molecule has 0 fully saturated rings. The lowest BCUT2D eigenvalue weighted by Gasteiger charge is -2.05. The topological polar surface area (TPSA) is 77.5 Å². The normalized spacial score (nSPS) is 9.95. The van der Waals surface area contributed by atoms with Gasteiger partial charge in [-0.3, -0.25) is 0 Å². The van der Waals surface area contributed by atoms with Gasteiger partial charge in [0, 0.05) is 0 Å². The monoisotopic (exact) mass is 306 g/mol. The van der Waals surface area contributed by atoms with Crippen molar-refractivity contribution < 1.29 is 22.7 Å². The first kappa shape index (κ1) is 16.6. The number of rotatable bonds is 4. The molecule has 0 aliphatic heterocycles. The van der Waals surface area contributed by atoms with E-state index >= 15 is 0 Å². The number of hydrogen-bond acceptors (Lipinski definition) is 5. The molecular weight excluding hydrogens is 292 g/mol. The van der Waals surface area contributed by atoms with Gasteiger partial charge in [-0.2, -0.15) is 9.59 Å². The van der Waals surface area contributed by atoms with Crippen LogP contribution in [0.5, 0.6) is 5.75 Å². The second-order valence-corrected chi connectivity index (χ2v) is 5.99. The number of hydrogen-bond donors (Lipinski definition) is 0. The maximum atomic E-state index is 12.1. The van der Waals surface area contributed by atoms with Gasteiger partial charge in [0.2, 0.25) is 0 Å². The molecule has 0 aliphatic rings. The molecule has 2 aromatic rings. The van der Waals surface area contributed by atoms with Gasteiger partial charge >= 0.3 is 6.15 Å². The van der Waals surface area contributed by atoms with Crippen LogP contribution in [0, 0.1) is 0 Å². The molecule has 0 bridgehead atoms. The van der Waals surface area contributed by atoms with Crippen molar-refractivity contribution in [3.05, 3.63) is 60.2 Å². The van der Waals surface area contributed by atoms with Crippen molar-refractivity contribution in [3.8, 4) is 5.75 Å². The molecule has 6 heteroatoms. The molecule has 0 atom stereocenters. The summed E-state index contributed by atoms with van der Waals surface area (Å²) in [7, 11) is -1.69. The third-order valence-corrected chi connectivity index (χ3v) is 4.32. The molecule has 0 amide bonds. The number of sulfone groups is 1. The highest BCUT2D eigenvalue weighted by Crippen LogP contribution is 2.18. The lowest BCUT2D eigenvalue weighted by Crippen LogP contribution is -2.04. The highest BCUT2D eigenvalue weighted by atomic mass is 32.2. The van der Waals surface area contributed by atoms with Gasteiger partial charge in [0.25, 0.3) is 0 Å². The standard InChI is InChI=1S/C14H14O3S.CO2/c1-17-13-9-7-12(8-10-13)11-18(15,16)14-5-3-2-4-6-14;2-1-3/h2-10H,11H2,1H3;. The second-order valence-electron chi connectivity index (χ2n) is 4.00. The molecule has 2 aromatic carbocycles. The molecule has 0 unspecified atom stereocenters. The van der Waals surface area contributed by atoms with Crippen molar-refractivity contribution in [1.29, 1.82) is 0 Å². The van der Waals surface area contributed by atoms with E-state index in [1.807, 2.05) is 0 Å². The fourth-order valence-corrected chi connectivity index (χ4v) is 3.02. The van der Waals surface area contributed by atoms with Crippen molar-refractivity contribution in [2.75, 3.05) is 7.11 Å². The Morgan fingerprint density at radius 3 is 1.95 bits per heavy atom. The zero-order valence-corrected chi connectivity index (χ0v) is 12.2. The van der Waals surface area contributed by atoms with Crippen molar-refractivity contribution in [1.82, 2.24) is 0 Å². The Bertz CT molecular complexity index is 685. The van der Waals surface area contributed by atoms with E-state index in [0.717, 1.165) is 11.3 Å². The summed E-state index contributed by atoms with van der Waals surface area (Å²) in [5.74, 6) is 0.719. The van der Waals surface area contributed by atoms with Gasteiger partial charge in [-0.05, 0) is 29.8 Å². The molecular formula is C15H14O5S. The Kier molecular flexibility index (Phi) is 6.33. The van der Waals surface area contributed by atoms with E-state index in [0.29, 0.717) is 4.90 Å². The van der Waals surface area contributed by atoms with E-state index in [2.05, 4.69) is 0 Å². The molecule has 0 saturated carbocycles. The van der Waals surface area contributed by atoms with Gasteiger partial charge in [-0.25, -0.2) is 8.42 Å². The predicted molar refractivity (Wildman–Crippen MR) is 75.3 cm³/mol. The van der Waals surface area contributed by atoms with Gasteiger partial charge in [0.05, 0.1) is 17.8 Å². The van der Waals surface area contributed by atoms with E-state index in [4.69, 9.17) is 14.3 Å². The van der Waals surface area contributed by atoms with Crippen LogP contribution in [0.2, 0.25) is 0 Å². The van der Waals surface area contributed by atoms with Crippen LogP contribution in [0.15, 0.2) is 59.5 Å². The molecule has 2 rings (SSSR count). The van der Waals surface area contributed by atoms with Crippen LogP contribution >= 0.6 is 0 Å². The zero-order valence-electron chi connectivity index (χ0n) is 11.4. The van der Waals surface area contributed by atoms with Crippen molar-refractivity contribution >= 4 is 16.0 Å². The Morgan fingerprint density at radius 2 is 1.48 bits per heavy atom. The maximum Gasteiger partial charge on any atom is 0.373 e. The average Bonchev–Trinajstić information content (AvgIpc) is 2.49. The fraction of sp³-hybridized carbons (Fsp3) is 0.133. The number of methoxy groups -OCH3 is 1. The average molecular weight is 306 g/mol. The fourth-order valence-electron chi connectivity index (χ4n) is 1.65. The van der Waals surface area contributed by atoms with Gasteiger partial charge in [0.15, 0.2) is 9.84 Å². The number of ether oxygens (including phenoxy) is 1. The summed E-state index contributed by atoms with van der Waals surface area (Å²) >= 11 is 0. The lowest BCUT2D eigenvalue weighted by atomic mass is 10.2. The van der Waals surface area contributed by atoms with Crippen molar-refractivity contribution in [2.24, 2.45) is 0 Å². The Morgan fingerprint density at radius 1 is 0.952 bits per heavy atom. The lowest BCUT2D eigenvalue weighted by molar-refractivity contribution is -0.191. The van der Waals surface area contributed by atoms with Crippen LogP contribution in [-0.4, -0.2) is 21.7 Å². The van der Waals surface area contributed by atoms with Crippen LogP contribution < -0.4 is 4.74 Å². The first-order chi connectivity index (χ1) is 10.0. The van der Waals surface area contributed by atoms with Crippen molar-refractivity contribution in [2.45, 2.75) is 10.6 Å². The van der Waals surface area contributed by atoms with Gasteiger partial charge < -0.3 is 4.74 Å². The third-order valence-electron chi connectivity index (χ3n) is 2.62. The van der Waals surface area contributed by atoms with E-state index in [1.54, 1.807) is 61.7 Å². The quantitative estimate of drug-likeness (QED) is 0.864. The SMILES string of the molecule is COc1ccc(CS(=O)(=O)c2ccccc2)cc1.O=C=O. The molecule has 0 radical (unpaired) electrons. The van der Waals surface area contributed by atoms with Crippen LogP contribution in [0.3, 0.4) is 0 Å². The summed E-state index contributed by atoms with van der Waals surface area (Å²) in [6.45, 7) is 0. The summed E-state index contributed by atoms with van der Waals surface area (Å²) in [4.78, 5) is 16.6. The second kappa shape index (κ2) is 7.99. The third kappa shape index (κ3) is 5.22. The molecule has 0 saturated heterocycles. The van der Waals surface area contributed by atoms with E-state index in [-0.39, 0.29) is 11.9 Å². The molecule has 0 aromatic heterocycles.